The van der Waals surface area contributed by atoms with Crippen molar-refractivity contribution in [3.63, 3.8) is 0 Å². The number of anilines is 2. The highest BCUT2D eigenvalue weighted by Gasteiger charge is 2.21. The van der Waals surface area contributed by atoms with Crippen molar-refractivity contribution >= 4 is 23.3 Å². The first-order chi connectivity index (χ1) is 16.3. The topological polar surface area (TPSA) is 152 Å². The molecule has 0 bridgehead atoms. The Morgan fingerprint density at radius 3 is 1.24 bits per heavy atom. The predicted molar refractivity (Wildman–Crippen MR) is 131 cm³/mol. The van der Waals surface area contributed by atoms with E-state index < -0.39 is 11.9 Å². The fourth-order valence-corrected chi connectivity index (χ4v) is 3.81. The van der Waals surface area contributed by atoms with Crippen LogP contribution in [0.1, 0.15) is 69.2 Å². The molecule has 178 valence electrons. The monoisotopic (exact) mass is 462 g/mol. The summed E-state index contributed by atoms with van der Waals surface area (Å²) in [6.07, 6.45) is 5.27. The first-order valence-electron chi connectivity index (χ1n) is 11.4. The molecule has 0 aliphatic carbocycles. The summed E-state index contributed by atoms with van der Waals surface area (Å²) in [5.41, 5.74) is 15.2. The minimum atomic E-state index is -1.19. The Hall–Kier alpha value is -3.94. The number of nitrogens with two attached hydrogens (primary N) is 2. The second-order valence-corrected chi connectivity index (χ2v) is 8.32. The molecule has 0 saturated heterocycles. The minimum absolute atomic E-state index is 0.161. The summed E-state index contributed by atoms with van der Waals surface area (Å²) in [6, 6.07) is 15.2. The van der Waals surface area contributed by atoms with Crippen LogP contribution < -0.4 is 11.5 Å². The number of nitrogens with zero attached hydrogens (tertiary/aromatic N) is 2. The van der Waals surface area contributed by atoms with Gasteiger partial charge in [0.15, 0.2) is 11.4 Å². The third-order valence-electron chi connectivity index (χ3n) is 5.66. The standard InChI is InChI=1S/C26H30N4O4/c27-19-13-9-17(10-14-19)5-1-3-7-21-23(25(31)32)30-22(24(29-21)26(33)34)8-4-2-6-18-11-15-20(28)16-12-18/h9-16H,1-8,27-28H2,(H,31,32)(H,33,34). The van der Waals surface area contributed by atoms with Crippen molar-refractivity contribution in [2.24, 2.45) is 0 Å². The molecule has 0 amide bonds. The molecule has 8 heteroatoms. The maximum atomic E-state index is 11.8. The molecule has 1 aromatic heterocycles. The van der Waals surface area contributed by atoms with Crippen LogP contribution in [0.2, 0.25) is 0 Å². The van der Waals surface area contributed by atoms with Gasteiger partial charge < -0.3 is 21.7 Å². The number of hydrogen-bond donors (Lipinski definition) is 4. The van der Waals surface area contributed by atoms with Crippen molar-refractivity contribution in [3.8, 4) is 0 Å². The summed E-state index contributed by atoms with van der Waals surface area (Å²) in [6.45, 7) is 0. The quantitative estimate of drug-likeness (QED) is 0.231. The Balaban J connectivity index is 1.63. The molecule has 6 N–H and O–H groups in total. The molecule has 0 fully saturated rings. The Morgan fingerprint density at radius 1 is 0.588 bits per heavy atom. The van der Waals surface area contributed by atoms with Crippen molar-refractivity contribution in [2.45, 2.75) is 51.4 Å². The number of benzene rings is 2. The maximum Gasteiger partial charge on any atom is 0.356 e. The summed E-state index contributed by atoms with van der Waals surface area (Å²) >= 11 is 0. The number of carboxylic acids is 2. The fraction of sp³-hybridized carbons (Fsp3) is 0.308. The van der Waals surface area contributed by atoms with Crippen LogP contribution in [0.3, 0.4) is 0 Å². The van der Waals surface area contributed by atoms with E-state index in [1.54, 1.807) is 0 Å². The molecule has 34 heavy (non-hydrogen) atoms. The molecule has 0 aliphatic rings. The molecule has 3 aromatic rings. The van der Waals surface area contributed by atoms with E-state index in [0.29, 0.717) is 37.1 Å². The number of hydrogen-bond acceptors (Lipinski definition) is 6. The molecule has 0 radical (unpaired) electrons. The molecular weight excluding hydrogens is 432 g/mol. The number of carbonyl (C=O) groups is 2. The first kappa shape index (κ1) is 24.7. The Labute approximate surface area is 198 Å². The summed E-state index contributed by atoms with van der Waals surface area (Å²) in [5, 5.41) is 19.3. The molecule has 0 atom stereocenters. The SMILES string of the molecule is Nc1ccc(CCCCc2nc(C(=O)O)c(CCCCc3ccc(N)cc3)nc2C(=O)O)cc1. The molecule has 8 nitrogen and oxygen atoms in total. The molecule has 0 aliphatic heterocycles. The zero-order chi connectivity index (χ0) is 24.5. The van der Waals surface area contributed by atoms with Gasteiger partial charge in [0, 0.05) is 11.4 Å². The predicted octanol–water partition coefficient (Wildman–Crippen LogP) is 4.17. The molecule has 3 rings (SSSR count). The Bertz CT molecular complexity index is 1040. The second-order valence-electron chi connectivity index (χ2n) is 8.32. The normalized spacial score (nSPS) is 10.8. The number of aromatic carboxylic acids is 2. The van der Waals surface area contributed by atoms with E-state index in [9.17, 15) is 19.8 Å². The van der Waals surface area contributed by atoms with Crippen LogP contribution >= 0.6 is 0 Å². The van der Waals surface area contributed by atoms with E-state index in [2.05, 4.69) is 9.97 Å². The number of unbranched alkanes of at least 4 members (excludes halogenated alkanes) is 2. The van der Waals surface area contributed by atoms with Crippen LogP contribution in [-0.2, 0) is 25.7 Å². The fourth-order valence-electron chi connectivity index (χ4n) is 3.81. The number of carboxylic acid groups (broad SMARTS) is 2. The van der Waals surface area contributed by atoms with Crippen LogP contribution in [0.4, 0.5) is 11.4 Å². The van der Waals surface area contributed by atoms with Crippen LogP contribution in [0.25, 0.3) is 0 Å². The van der Waals surface area contributed by atoms with Gasteiger partial charge in [-0.3, -0.25) is 0 Å². The van der Waals surface area contributed by atoms with Crippen LogP contribution in [-0.4, -0.2) is 32.1 Å². The van der Waals surface area contributed by atoms with Gasteiger partial charge in [0.1, 0.15) is 0 Å². The van der Waals surface area contributed by atoms with Crippen molar-refractivity contribution in [2.75, 3.05) is 11.5 Å². The van der Waals surface area contributed by atoms with Crippen LogP contribution in [0, 0.1) is 0 Å². The summed E-state index contributed by atoms with van der Waals surface area (Å²) in [4.78, 5) is 32.1. The molecule has 0 spiro atoms. The molecule has 0 saturated carbocycles. The molecule has 2 aromatic carbocycles. The van der Waals surface area contributed by atoms with Gasteiger partial charge in [-0.25, -0.2) is 19.6 Å². The van der Waals surface area contributed by atoms with Gasteiger partial charge in [-0.15, -0.1) is 0 Å². The van der Waals surface area contributed by atoms with Crippen LogP contribution in [0.15, 0.2) is 48.5 Å². The average molecular weight is 463 g/mol. The number of aryl methyl sites for hydroxylation is 4. The first-order valence-corrected chi connectivity index (χ1v) is 11.4. The van der Waals surface area contributed by atoms with Crippen molar-refractivity contribution in [1.82, 2.24) is 9.97 Å². The van der Waals surface area contributed by atoms with E-state index in [-0.39, 0.29) is 22.8 Å². The maximum absolute atomic E-state index is 11.8. The zero-order valence-corrected chi connectivity index (χ0v) is 19.0. The van der Waals surface area contributed by atoms with E-state index in [1.807, 2.05) is 48.5 Å². The lowest BCUT2D eigenvalue weighted by Crippen LogP contribution is -2.17. The average Bonchev–Trinajstić information content (AvgIpc) is 2.81. The summed E-state index contributed by atoms with van der Waals surface area (Å²) in [7, 11) is 0. The molecule has 1 heterocycles. The minimum Gasteiger partial charge on any atom is -0.476 e. The largest absolute Gasteiger partial charge is 0.476 e. The van der Waals surface area contributed by atoms with Gasteiger partial charge in [0.2, 0.25) is 0 Å². The number of rotatable bonds is 12. The lowest BCUT2D eigenvalue weighted by atomic mass is 10.0. The van der Waals surface area contributed by atoms with E-state index in [4.69, 9.17) is 11.5 Å². The van der Waals surface area contributed by atoms with E-state index in [0.717, 1.165) is 36.8 Å². The Morgan fingerprint density at radius 2 is 0.912 bits per heavy atom. The van der Waals surface area contributed by atoms with Gasteiger partial charge >= 0.3 is 11.9 Å². The number of nitrogen functional groups attached to an aromatic ring is 2. The molecule has 0 unspecified atom stereocenters. The van der Waals surface area contributed by atoms with E-state index >= 15 is 0 Å². The summed E-state index contributed by atoms with van der Waals surface area (Å²) in [5.74, 6) is -2.39. The summed E-state index contributed by atoms with van der Waals surface area (Å²) < 4.78 is 0. The lowest BCUT2D eigenvalue weighted by Gasteiger charge is -2.11. The highest BCUT2D eigenvalue weighted by Crippen LogP contribution is 2.17. The van der Waals surface area contributed by atoms with Gasteiger partial charge in [-0.2, -0.15) is 0 Å². The van der Waals surface area contributed by atoms with Crippen LogP contribution in [0.5, 0.6) is 0 Å². The number of aromatic nitrogens is 2. The van der Waals surface area contributed by atoms with Gasteiger partial charge in [0.25, 0.3) is 0 Å². The lowest BCUT2D eigenvalue weighted by molar-refractivity contribution is 0.0667. The van der Waals surface area contributed by atoms with Crippen molar-refractivity contribution < 1.29 is 19.8 Å². The van der Waals surface area contributed by atoms with Gasteiger partial charge in [-0.05, 0) is 86.8 Å². The van der Waals surface area contributed by atoms with Crippen molar-refractivity contribution in [1.29, 1.82) is 0 Å². The van der Waals surface area contributed by atoms with Gasteiger partial charge in [-0.1, -0.05) is 24.3 Å². The third kappa shape index (κ3) is 7.03. The highest BCUT2D eigenvalue weighted by atomic mass is 16.4. The third-order valence-corrected chi connectivity index (χ3v) is 5.66. The van der Waals surface area contributed by atoms with Gasteiger partial charge in [0.05, 0.1) is 11.4 Å². The van der Waals surface area contributed by atoms with E-state index in [1.165, 1.54) is 0 Å². The zero-order valence-electron chi connectivity index (χ0n) is 19.0. The highest BCUT2D eigenvalue weighted by molar-refractivity contribution is 5.90. The Kier molecular flexibility index (Phi) is 8.56. The smallest absolute Gasteiger partial charge is 0.356 e. The second kappa shape index (κ2) is 11.8. The molecular formula is C26H30N4O4. The van der Waals surface area contributed by atoms with Crippen molar-refractivity contribution in [3.05, 3.63) is 82.4 Å².